The molecule has 0 radical (unpaired) electrons. The molecule has 1 aromatic rings. The summed E-state index contributed by atoms with van der Waals surface area (Å²) < 4.78 is 32.4. The molecule has 1 aromatic heterocycles. The molecule has 1 atom stereocenters. The average Bonchev–Trinajstić information content (AvgIpc) is 2.54. The standard InChI is InChI=1S/C15H24N4O4S/c1-12(15(20)18(2)3)24(21,22)17-14-6-4-5-13(16-14)11-19-7-9-23-10-8-19/h4-6,12H,7-11H2,1-3H3,(H,16,17). The average molecular weight is 356 g/mol. The summed E-state index contributed by atoms with van der Waals surface area (Å²) in [5.74, 6) is -0.258. The first-order chi connectivity index (χ1) is 11.3. The van der Waals surface area contributed by atoms with Crippen molar-refractivity contribution in [2.75, 3.05) is 45.1 Å². The Morgan fingerprint density at radius 1 is 1.38 bits per heavy atom. The minimum absolute atomic E-state index is 0.221. The lowest BCUT2D eigenvalue weighted by Crippen LogP contribution is -2.40. The maximum Gasteiger partial charge on any atom is 0.245 e. The number of hydrogen-bond acceptors (Lipinski definition) is 6. The van der Waals surface area contributed by atoms with Crippen molar-refractivity contribution in [3.8, 4) is 0 Å². The highest BCUT2D eigenvalue weighted by Crippen LogP contribution is 2.13. The van der Waals surface area contributed by atoms with E-state index in [1.54, 1.807) is 12.1 Å². The number of anilines is 1. The van der Waals surface area contributed by atoms with Gasteiger partial charge in [-0.3, -0.25) is 14.4 Å². The van der Waals surface area contributed by atoms with E-state index in [-0.39, 0.29) is 5.82 Å². The summed E-state index contributed by atoms with van der Waals surface area (Å²) in [4.78, 5) is 19.7. The summed E-state index contributed by atoms with van der Waals surface area (Å²) in [6.07, 6.45) is 0. The van der Waals surface area contributed by atoms with Crippen molar-refractivity contribution in [3.05, 3.63) is 23.9 Å². The molecule has 0 spiro atoms. The van der Waals surface area contributed by atoms with E-state index in [1.165, 1.54) is 25.9 Å². The summed E-state index contributed by atoms with van der Waals surface area (Å²) >= 11 is 0. The minimum atomic E-state index is -3.84. The van der Waals surface area contributed by atoms with Gasteiger partial charge in [0.25, 0.3) is 0 Å². The number of morpholine rings is 1. The van der Waals surface area contributed by atoms with Gasteiger partial charge in [0.15, 0.2) is 5.25 Å². The molecule has 134 valence electrons. The number of pyridine rings is 1. The van der Waals surface area contributed by atoms with Gasteiger partial charge >= 0.3 is 0 Å². The molecule has 8 nitrogen and oxygen atoms in total. The maximum atomic E-state index is 12.3. The Labute approximate surface area is 142 Å². The third kappa shape index (κ3) is 4.89. The van der Waals surface area contributed by atoms with Crippen molar-refractivity contribution in [1.82, 2.24) is 14.8 Å². The summed E-state index contributed by atoms with van der Waals surface area (Å²) in [6, 6.07) is 5.17. The number of ether oxygens (including phenoxy) is 1. The molecule has 0 aromatic carbocycles. The van der Waals surface area contributed by atoms with Crippen LogP contribution in [0.2, 0.25) is 0 Å². The summed E-state index contributed by atoms with van der Waals surface area (Å²) in [5.41, 5.74) is 0.767. The van der Waals surface area contributed by atoms with E-state index in [0.717, 1.165) is 18.8 Å². The third-order valence-corrected chi connectivity index (χ3v) is 5.42. The number of amides is 1. The van der Waals surface area contributed by atoms with Crippen LogP contribution >= 0.6 is 0 Å². The first-order valence-electron chi connectivity index (χ1n) is 7.78. The van der Waals surface area contributed by atoms with E-state index in [2.05, 4.69) is 14.6 Å². The normalized spacial score (nSPS) is 17.3. The van der Waals surface area contributed by atoms with Crippen LogP contribution in [0.5, 0.6) is 0 Å². The molecule has 1 aliphatic heterocycles. The molecule has 9 heteroatoms. The van der Waals surface area contributed by atoms with Crippen molar-refractivity contribution in [2.24, 2.45) is 0 Å². The van der Waals surface area contributed by atoms with Gasteiger partial charge in [-0.2, -0.15) is 0 Å². The van der Waals surface area contributed by atoms with E-state index >= 15 is 0 Å². The Morgan fingerprint density at radius 3 is 2.67 bits per heavy atom. The molecule has 2 rings (SSSR count). The molecule has 1 saturated heterocycles. The molecule has 1 N–H and O–H groups in total. The first kappa shape index (κ1) is 18.6. The van der Waals surface area contributed by atoms with Crippen LogP contribution in [0.3, 0.4) is 0 Å². The van der Waals surface area contributed by atoms with E-state index < -0.39 is 21.2 Å². The van der Waals surface area contributed by atoms with Crippen LogP contribution in [0.15, 0.2) is 18.2 Å². The predicted molar refractivity (Wildman–Crippen MR) is 91.0 cm³/mol. The number of aromatic nitrogens is 1. The number of nitrogens with one attached hydrogen (secondary N) is 1. The Morgan fingerprint density at radius 2 is 2.04 bits per heavy atom. The number of nitrogens with zero attached hydrogens (tertiary/aromatic N) is 3. The van der Waals surface area contributed by atoms with Crippen LogP contribution in [0.1, 0.15) is 12.6 Å². The van der Waals surface area contributed by atoms with E-state index in [0.29, 0.717) is 19.8 Å². The van der Waals surface area contributed by atoms with Crippen LogP contribution in [-0.2, 0) is 26.1 Å². The SMILES string of the molecule is CC(C(=O)N(C)C)S(=O)(=O)Nc1cccc(CN2CCOCC2)n1. The molecular formula is C15H24N4O4S. The second-order valence-electron chi connectivity index (χ2n) is 5.92. The number of carbonyl (C=O) groups excluding carboxylic acids is 1. The molecule has 0 saturated carbocycles. The summed E-state index contributed by atoms with van der Waals surface area (Å²) in [5, 5.41) is -1.18. The summed E-state index contributed by atoms with van der Waals surface area (Å²) in [6.45, 7) is 5.03. The smallest absolute Gasteiger partial charge is 0.245 e. The van der Waals surface area contributed by atoms with E-state index in [4.69, 9.17) is 4.74 Å². The Hall–Kier alpha value is -1.71. The van der Waals surface area contributed by atoms with Crippen molar-refractivity contribution in [1.29, 1.82) is 0 Å². The lowest BCUT2D eigenvalue weighted by molar-refractivity contribution is -0.127. The second-order valence-corrected chi connectivity index (χ2v) is 7.93. The van der Waals surface area contributed by atoms with Gasteiger partial charge in [0.2, 0.25) is 15.9 Å². The quantitative estimate of drug-likeness (QED) is 0.779. The third-order valence-electron chi connectivity index (χ3n) is 3.80. The van der Waals surface area contributed by atoms with Crippen molar-refractivity contribution < 1.29 is 17.9 Å². The molecule has 1 aliphatic rings. The van der Waals surface area contributed by atoms with Crippen molar-refractivity contribution >= 4 is 21.7 Å². The van der Waals surface area contributed by atoms with Gasteiger partial charge in [-0.05, 0) is 19.1 Å². The topological polar surface area (TPSA) is 91.8 Å². The Bertz CT molecular complexity index is 672. The first-order valence-corrected chi connectivity index (χ1v) is 9.33. The lowest BCUT2D eigenvalue weighted by Gasteiger charge is -2.26. The molecule has 0 aliphatic carbocycles. The number of sulfonamides is 1. The monoisotopic (exact) mass is 356 g/mol. The maximum absolute atomic E-state index is 12.3. The van der Waals surface area contributed by atoms with Crippen LogP contribution < -0.4 is 4.72 Å². The molecule has 24 heavy (non-hydrogen) atoms. The van der Waals surface area contributed by atoms with Gasteiger partial charge in [-0.1, -0.05) is 6.07 Å². The fourth-order valence-corrected chi connectivity index (χ4v) is 3.40. The van der Waals surface area contributed by atoms with Gasteiger partial charge in [0.1, 0.15) is 5.82 Å². The van der Waals surface area contributed by atoms with Gasteiger partial charge in [0, 0.05) is 33.7 Å². The number of carbonyl (C=O) groups is 1. The minimum Gasteiger partial charge on any atom is -0.379 e. The Kier molecular flexibility index (Phi) is 6.14. The Balaban J connectivity index is 2.06. The van der Waals surface area contributed by atoms with Gasteiger partial charge in [0.05, 0.1) is 18.9 Å². The van der Waals surface area contributed by atoms with Crippen molar-refractivity contribution in [3.63, 3.8) is 0 Å². The van der Waals surface area contributed by atoms with Crippen LogP contribution in [-0.4, -0.2) is 74.8 Å². The highest BCUT2D eigenvalue weighted by molar-refractivity contribution is 7.94. The number of hydrogen-bond donors (Lipinski definition) is 1. The van der Waals surface area contributed by atoms with E-state index in [1.807, 2.05) is 6.07 Å². The lowest BCUT2D eigenvalue weighted by atomic mass is 10.3. The van der Waals surface area contributed by atoms with Crippen LogP contribution in [0.4, 0.5) is 5.82 Å². The highest BCUT2D eigenvalue weighted by Gasteiger charge is 2.29. The zero-order valence-corrected chi connectivity index (χ0v) is 15.0. The molecule has 1 amide bonds. The molecular weight excluding hydrogens is 332 g/mol. The fourth-order valence-electron chi connectivity index (χ4n) is 2.34. The van der Waals surface area contributed by atoms with Crippen LogP contribution in [0.25, 0.3) is 0 Å². The van der Waals surface area contributed by atoms with Gasteiger partial charge in [-0.15, -0.1) is 0 Å². The second kappa shape index (κ2) is 7.91. The van der Waals surface area contributed by atoms with Gasteiger partial charge in [-0.25, -0.2) is 13.4 Å². The largest absolute Gasteiger partial charge is 0.379 e. The molecule has 1 unspecified atom stereocenters. The number of rotatable bonds is 6. The molecule has 0 bridgehead atoms. The van der Waals surface area contributed by atoms with Crippen molar-refractivity contribution in [2.45, 2.75) is 18.7 Å². The molecule has 2 heterocycles. The van der Waals surface area contributed by atoms with E-state index in [9.17, 15) is 13.2 Å². The van der Waals surface area contributed by atoms with Gasteiger partial charge < -0.3 is 9.64 Å². The zero-order chi connectivity index (χ0) is 17.7. The zero-order valence-electron chi connectivity index (χ0n) is 14.2. The van der Waals surface area contributed by atoms with Crippen LogP contribution in [0, 0.1) is 0 Å². The molecule has 1 fully saturated rings. The predicted octanol–water partition coefficient (Wildman–Crippen LogP) is 0.132. The highest BCUT2D eigenvalue weighted by atomic mass is 32.2. The summed E-state index contributed by atoms with van der Waals surface area (Å²) in [7, 11) is -0.798. The fraction of sp³-hybridized carbons (Fsp3) is 0.600.